The van der Waals surface area contributed by atoms with Crippen LogP contribution in [0.4, 0.5) is 0 Å². The van der Waals surface area contributed by atoms with Crippen LogP contribution < -0.4 is 0 Å². The highest BCUT2D eigenvalue weighted by Gasteiger charge is 2.31. The van der Waals surface area contributed by atoms with Gasteiger partial charge in [-0.05, 0) is 83.5 Å². The number of esters is 2. The second-order valence-electron chi connectivity index (χ2n) is 17.0. The highest BCUT2D eigenvalue weighted by Crippen LogP contribution is 2.14. The number of ether oxygens (including phenoxy) is 3. The van der Waals surface area contributed by atoms with Crippen LogP contribution in [-0.4, -0.2) is 80.6 Å². The second kappa shape index (κ2) is 43.2. The molecule has 61 heavy (non-hydrogen) atoms. The molecule has 0 rings (SSSR count). The number of quaternary nitrogens is 1. The third-order valence-electron chi connectivity index (χ3n) is 10.3. The SMILES string of the molecule is CC/C=C/C/C=C/C/C=C/C/C=C/CCCCCC(=O)OCC(COCCC(C(=O)O)[N+](C)(C)C)OC(=O)CCCCCCCCCCCCC/C=C/C/C=C/C/C=C/CC. The second-order valence-corrected chi connectivity index (χ2v) is 17.0. The molecule has 2 atom stereocenters. The zero-order valence-electron chi connectivity index (χ0n) is 39.6. The maximum atomic E-state index is 12.8. The smallest absolute Gasteiger partial charge is 0.362 e. The van der Waals surface area contributed by atoms with E-state index < -0.39 is 18.1 Å². The summed E-state index contributed by atoms with van der Waals surface area (Å²) in [5.74, 6) is -1.52. The first-order chi connectivity index (χ1) is 29.6. The van der Waals surface area contributed by atoms with E-state index in [1.165, 1.54) is 57.8 Å². The van der Waals surface area contributed by atoms with Crippen molar-refractivity contribution in [3.8, 4) is 0 Å². The summed E-state index contributed by atoms with van der Waals surface area (Å²) in [5.41, 5.74) is 0. The third kappa shape index (κ3) is 41.6. The fourth-order valence-corrected chi connectivity index (χ4v) is 6.63. The van der Waals surface area contributed by atoms with Gasteiger partial charge in [0.05, 0.1) is 34.4 Å². The monoisotopic (exact) mass is 853 g/mol. The van der Waals surface area contributed by atoms with E-state index in [2.05, 4.69) is 98.9 Å². The van der Waals surface area contributed by atoms with Gasteiger partial charge in [0.1, 0.15) is 6.61 Å². The van der Waals surface area contributed by atoms with Crippen LogP contribution in [0.3, 0.4) is 0 Å². The molecular weight excluding hydrogens is 763 g/mol. The molecule has 0 aromatic carbocycles. The average molecular weight is 853 g/mol. The molecule has 0 bridgehead atoms. The molecular formula is C53H90NO7+. The molecule has 0 spiro atoms. The van der Waals surface area contributed by atoms with E-state index in [9.17, 15) is 19.5 Å². The molecule has 348 valence electrons. The Kier molecular flexibility index (Phi) is 40.7. The van der Waals surface area contributed by atoms with Gasteiger partial charge in [0, 0.05) is 19.3 Å². The molecule has 0 aliphatic heterocycles. The zero-order chi connectivity index (χ0) is 44.9. The van der Waals surface area contributed by atoms with Crippen LogP contribution in [-0.2, 0) is 28.6 Å². The molecule has 0 aliphatic carbocycles. The molecule has 0 aromatic heterocycles. The highest BCUT2D eigenvalue weighted by molar-refractivity contribution is 5.72. The largest absolute Gasteiger partial charge is 0.477 e. The van der Waals surface area contributed by atoms with Crippen molar-refractivity contribution >= 4 is 17.9 Å². The van der Waals surface area contributed by atoms with Crippen LogP contribution in [0.25, 0.3) is 0 Å². The normalized spacial score (nSPS) is 13.7. The molecule has 2 unspecified atom stereocenters. The quantitative estimate of drug-likeness (QED) is 0.0283. The lowest BCUT2D eigenvalue weighted by Crippen LogP contribution is -2.50. The Morgan fingerprint density at radius 2 is 0.869 bits per heavy atom. The maximum Gasteiger partial charge on any atom is 0.362 e. The van der Waals surface area contributed by atoms with Gasteiger partial charge in [-0.1, -0.05) is 163 Å². The minimum atomic E-state index is -0.883. The van der Waals surface area contributed by atoms with E-state index in [0.717, 1.165) is 89.9 Å². The van der Waals surface area contributed by atoms with Gasteiger partial charge >= 0.3 is 17.9 Å². The average Bonchev–Trinajstić information content (AvgIpc) is 3.22. The van der Waals surface area contributed by atoms with Crippen molar-refractivity contribution in [1.82, 2.24) is 0 Å². The summed E-state index contributed by atoms with van der Waals surface area (Å²) in [5, 5.41) is 9.64. The van der Waals surface area contributed by atoms with Gasteiger partial charge in [-0.15, -0.1) is 0 Å². The van der Waals surface area contributed by atoms with Gasteiger partial charge < -0.3 is 23.8 Å². The van der Waals surface area contributed by atoms with Crippen molar-refractivity contribution in [1.29, 1.82) is 0 Å². The number of aliphatic carboxylic acids is 1. The van der Waals surface area contributed by atoms with Gasteiger partial charge in [0.2, 0.25) is 0 Å². The van der Waals surface area contributed by atoms with Crippen LogP contribution in [0, 0.1) is 0 Å². The first-order valence-corrected chi connectivity index (χ1v) is 24.1. The number of carboxylic acids is 1. The number of hydrogen-bond acceptors (Lipinski definition) is 6. The van der Waals surface area contributed by atoms with Crippen molar-refractivity contribution in [2.24, 2.45) is 0 Å². The van der Waals surface area contributed by atoms with E-state index >= 15 is 0 Å². The number of likely N-dealkylation sites (N-methyl/N-ethyl adjacent to an activating group) is 1. The lowest BCUT2D eigenvalue weighted by Gasteiger charge is -2.31. The molecule has 0 aliphatic rings. The predicted molar refractivity (Wildman–Crippen MR) is 256 cm³/mol. The van der Waals surface area contributed by atoms with Gasteiger partial charge in [-0.25, -0.2) is 4.79 Å². The third-order valence-corrected chi connectivity index (χ3v) is 10.3. The molecule has 1 N–H and O–H groups in total. The number of unbranched alkanes of at least 4 members (excludes halogenated alkanes) is 14. The number of rotatable bonds is 42. The minimum absolute atomic E-state index is 0.0455. The van der Waals surface area contributed by atoms with E-state index in [1.54, 1.807) is 0 Å². The molecule has 0 saturated carbocycles. The lowest BCUT2D eigenvalue weighted by atomic mass is 10.0. The summed E-state index contributed by atoms with van der Waals surface area (Å²) in [6.45, 7) is 4.47. The van der Waals surface area contributed by atoms with E-state index in [1.807, 2.05) is 21.1 Å². The highest BCUT2D eigenvalue weighted by atomic mass is 16.6. The Bertz CT molecular complexity index is 1270. The first kappa shape index (κ1) is 57.5. The molecule has 8 heteroatoms. The predicted octanol–water partition coefficient (Wildman–Crippen LogP) is 13.7. The lowest BCUT2D eigenvalue weighted by molar-refractivity contribution is -0.887. The Balaban J connectivity index is 4.33. The van der Waals surface area contributed by atoms with Crippen LogP contribution in [0.1, 0.15) is 181 Å². The molecule has 0 amide bonds. The Morgan fingerprint density at radius 3 is 1.30 bits per heavy atom. The summed E-state index contributed by atoms with van der Waals surface area (Å²) < 4.78 is 17.3. The van der Waals surface area contributed by atoms with Crippen molar-refractivity contribution < 1.29 is 38.2 Å². The van der Waals surface area contributed by atoms with Crippen molar-refractivity contribution in [3.63, 3.8) is 0 Å². The fraction of sp³-hybridized carbons (Fsp3) is 0.679. The van der Waals surface area contributed by atoms with Gasteiger partial charge in [0.25, 0.3) is 0 Å². The summed E-state index contributed by atoms with van der Waals surface area (Å²) in [6, 6.07) is -0.624. The molecule has 0 aromatic rings. The number of allylic oxidation sites excluding steroid dienone is 14. The molecule has 0 fully saturated rings. The van der Waals surface area contributed by atoms with E-state index in [-0.39, 0.29) is 36.2 Å². The van der Waals surface area contributed by atoms with E-state index in [4.69, 9.17) is 14.2 Å². The standard InChI is InChI=1S/C53H89NO7/c1-6-8-10-12-14-16-18-20-22-24-25-26-27-28-30-32-34-36-38-40-42-44-52(56)61-49(47-59-46-45-50(53(57)58)54(3,4)5)48-60-51(55)43-41-39-37-35-33-31-29-23-21-19-17-15-13-11-9-7-2/h8-11,14-17,20-23,31,33,49-50H,6-7,12-13,18-19,24-30,32,34-48H2,1-5H3/p+1/b10-8+,11-9+,16-14+,17-15+,22-20+,23-21+,33-31+. The number of carboxylic acid groups (broad SMARTS) is 1. The van der Waals surface area contributed by atoms with E-state index in [0.29, 0.717) is 19.3 Å². The molecule has 8 nitrogen and oxygen atoms in total. The number of hydrogen-bond donors (Lipinski definition) is 1. The Hall–Kier alpha value is -3.49. The maximum absolute atomic E-state index is 12.8. The summed E-state index contributed by atoms with van der Waals surface area (Å²) >= 11 is 0. The van der Waals surface area contributed by atoms with Gasteiger partial charge in [-0.3, -0.25) is 9.59 Å². The van der Waals surface area contributed by atoms with Crippen molar-refractivity contribution in [2.45, 2.75) is 193 Å². The molecule has 0 saturated heterocycles. The topological polar surface area (TPSA) is 99.1 Å². The Morgan fingerprint density at radius 1 is 0.492 bits per heavy atom. The zero-order valence-corrected chi connectivity index (χ0v) is 39.6. The number of carbonyl (C=O) groups is 3. The van der Waals surface area contributed by atoms with Crippen LogP contribution in [0.5, 0.6) is 0 Å². The van der Waals surface area contributed by atoms with Gasteiger partial charge in [-0.2, -0.15) is 0 Å². The molecule has 0 heterocycles. The summed E-state index contributed by atoms with van der Waals surface area (Å²) in [7, 11) is 5.51. The summed E-state index contributed by atoms with van der Waals surface area (Å²) in [6.07, 6.45) is 56.3. The Labute approximate surface area is 373 Å². The molecule has 0 radical (unpaired) electrons. The first-order valence-electron chi connectivity index (χ1n) is 24.1. The number of nitrogens with zero attached hydrogens (tertiary/aromatic N) is 1. The van der Waals surface area contributed by atoms with Crippen LogP contribution >= 0.6 is 0 Å². The summed E-state index contributed by atoms with van der Waals surface area (Å²) in [4.78, 5) is 37.1. The van der Waals surface area contributed by atoms with Crippen LogP contribution in [0.15, 0.2) is 85.1 Å². The van der Waals surface area contributed by atoms with Crippen LogP contribution in [0.2, 0.25) is 0 Å². The van der Waals surface area contributed by atoms with Crippen molar-refractivity contribution in [3.05, 3.63) is 85.1 Å². The minimum Gasteiger partial charge on any atom is -0.477 e. The number of carbonyl (C=O) groups excluding carboxylic acids is 2. The fourth-order valence-electron chi connectivity index (χ4n) is 6.63. The van der Waals surface area contributed by atoms with Crippen molar-refractivity contribution in [2.75, 3.05) is 41.0 Å². The van der Waals surface area contributed by atoms with Gasteiger partial charge in [0.15, 0.2) is 12.1 Å².